The first-order chi connectivity index (χ1) is 13.3. The lowest BCUT2D eigenvalue weighted by atomic mass is 9.77. The summed E-state index contributed by atoms with van der Waals surface area (Å²) in [6.07, 6.45) is 2.35. The van der Waals surface area contributed by atoms with Crippen LogP contribution in [0, 0.1) is 17.3 Å². The zero-order chi connectivity index (χ0) is 20.3. The van der Waals surface area contributed by atoms with Crippen LogP contribution in [0.4, 0.5) is 0 Å². The number of fused-ring (bicyclic) bond motifs is 1. The Hall–Kier alpha value is -1.67. The number of likely N-dealkylation sites (tertiary alicyclic amines) is 3. The fraction of sp³-hybridized carbons (Fsp3) is 0.850. The lowest BCUT2D eigenvalue weighted by molar-refractivity contribution is -0.137. The van der Waals surface area contributed by atoms with E-state index in [1.165, 1.54) is 0 Å². The molecule has 2 amide bonds. The molecule has 1 N–H and O–H groups in total. The van der Waals surface area contributed by atoms with Crippen molar-refractivity contribution in [3.63, 3.8) is 0 Å². The summed E-state index contributed by atoms with van der Waals surface area (Å²) in [6.45, 7) is 6.60. The molecular formula is C20H33N3O5. The van der Waals surface area contributed by atoms with Gasteiger partial charge in [-0.1, -0.05) is 0 Å². The lowest BCUT2D eigenvalue weighted by Crippen LogP contribution is -2.44. The molecule has 0 aromatic heterocycles. The number of amides is 2. The van der Waals surface area contributed by atoms with Crippen molar-refractivity contribution in [3.05, 3.63) is 0 Å². The minimum Gasteiger partial charge on any atom is -0.481 e. The van der Waals surface area contributed by atoms with E-state index >= 15 is 0 Å². The van der Waals surface area contributed by atoms with Crippen LogP contribution >= 0.6 is 0 Å². The van der Waals surface area contributed by atoms with Gasteiger partial charge in [0.15, 0.2) is 0 Å². The molecule has 3 saturated heterocycles. The molecule has 8 heteroatoms. The number of carboxylic acids is 1. The van der Waals surface area contributed by atoms with Gasteiger partial charge in [0.2, 0.25) is 11.8 Å². The number of rotatable bonds is 7. The van der Waals surface area contributed by atoms with Crippen molar-refractivity contribution in [2.24, 2.45) is 17.3 Å². The van der Waals surface area contributed by atoms with Gasteiger partial charge >= 0.3 is 5.97 Å². The summed E-state index contributed by atoms with van der Waals surface area (Å²) in [5, 5.41) is 9.20. The fourth-order valence-electron chi connectivity index (χ4n) is 5.05. The van der Waals surface area contributed by atoms with Gasteiger partial charge in [-0.25, -0.2) is 0 Å². The second-order valence-electron chi connectivity index (χ2n) is 8.66. The molecule has 0 saturated carbocycles. The summed E-state index contributed by atoms with van der Waals surface area (Å²) >= 11 is 0. The molecule has 8 nitrogen and oxygen atoms in total. The largest absolute Gasteiger partial charge is 0.481 e. The van der Waals surface area contributed by atoms with Gasteiger partial charge in [0.25, 0.3) is 0 Å². The number of carbonyl (C=O) groups is 3. The van der Waals surface area contributed by atoms with E-state index in [0.717, 1.165) is 25.9 Å². The predicted octanol–water partition coefficient (Wildman–Crippen LogP) is 0.517. The van der Waals surface area contributed by atoms with Crippen molar-refractivity contribution in [1.82, 2.24) is 14.7 Å². The molecular weight excluding hydrogens is 362 g/mol. The maximum absolute atomic E-state index is 13.1. The average Bonchev–Trinajstić information content (AvgIpc) is 3.19. The van der Waals surface area contributed by atoms with Gasteiger partial charge in [0.1, 0.15) is 6.61 Å². The van der Waals surface area contributed by atoms with Crippen LogP contribution in [0.3, 0.4) is 0 Å². The number of carbonyl (C=O) groups excluding carboxylic acids is 2. The van der Waals surface area contributed by atoms with E-state index < -0.39 is 5.97 Å². The smallest absolute Gasteiger partial charge is 0.303 e. The SMILES string of the molecule is CCOCC(=O)N1CC2CN(C(=O)C3CCN(C)CC3)CC2(CCC(=O)O)C1. The second-order valence-corrected chi connectivity index (χ2v) is 8.66. The van der Waals surface area contributed by atoms with Crippen LogP contribution in [0.1, 0.15) is 32.6 Å². The fourth-order valence-corrected chi connectivity index (χ4v) is 5.05. The van der Waals surface area contributed by atoms with E-state index in [2.05, 4.69) is 11.9 Å². The molecule has 3 heterocycles. The highest BCUT2D eigenvalue weighted by molar-refractivity contribution is 5.80. The van der Waals surface area contributed by atoms with E-state index in [0.29, 0.717) is 39.2 Å². The minimum absolute atomic E-state index is 0.0425. The third-order valence-electron chi connectivity index (χ3n) is 6.76. The summed E-state index contributed by atoms with van der Waals surface area (Å²) in [7, 11) is 2.08. The third-order valence-corrected chi connectivity index (χ3v) is 6.76. The van der Waals surface area contributed by atoms with Crippen LogP contribution in [0.2, 0.25) is 0 Å². The Balaban J connectivity index is 1.66. The van der Waals surface area contributed by atoms with Crippen LogP contribution in [0.5, 0.6) is 0 Å². The first kappa shape index (κ1) is 21.0. The van der Waals surface area contributed by atoms with Gasteiger partial charge in [-0.05, 0) is 46.3 Å². The van der Waals surface area contributed by atoms with Crippen LogP contribution in [-0.2, 0) is 19.1 Å². The highest BCUT2D eigenvalue weighted by Gasteiger charge is 2.54. The number of nitrogens with zero attached hydrogens (tertiary/aromatic N) is 3. The topological polar surface area (TPSA) is 90.4 Å². The van der Waals surface area contributed by atoms with Crippen molar-refractivity contribution in [3.8, 4) is 0 Å². The van der Waals surface area contributed by atoms with Crippen molar-refractivity contribution in [2.75, 3.05) is 59.5 Å². The molecule has 3 fully saturated rings. The van der Waals surface area contributed by atoms with Crippen molar-refractivity contribution in [2.45, 2.75) is 32.6 Å². The number of carboxylic acid groups (broad SMARTS) is 1. The molecule has 0 aromatic rings. The van der Waals surface area contributed by atoms with Crippen LogP contribution in [-0.4, -0.2) is 97.1 Å². The van der Waals surface area contributed by atoms with Gasteiger partial charge < -0.3 is 24.5 Å². The third kappa shape index (κ3) is 4.49. The van der Waals surface area contributed by atoms with Gasteiger partial charge in [0.05, 0.1) is 0 Å². The molecule has 0 spiro atoms. The quantitative estimate of drug-likeness (QED) is 0.676. The second kappa shape index (κ2) is 8.78. The summed E-state index contributed by atoms with van der Waals surface area (Å²) < 4.78 is 5.25. The molecule has 2 unspecified atom stereocenters. The van der Waals surface area contributed by atoms with E-state index in [1.54, 1.807) is 4.90 Å². The molecule has 28 heavy (non-hydrogen) atoms. The van der Waals surface area contributed by atoms with Gasteiger partial charge in [-0.15, -0.1) is 0 Å². The Bertz CT molecular complexity index is 605. The maximum Gasteiger partial charge on any atom is 0.303 e. The van der Waals surface area contributed by atoms with Crippen molar-refractivity contribution < 1.29 is 24.2 Å². The molecule has 0 aliphatic carbocycles. The van der Waals surface area contributed by atoms with Gasteiger partial charge in [-0.2, -0.15) is 0 Å². The molecule has 0 bridgehead atoms. The van der Waals surface area contributed by atoms with Crippen molar-refractivity contribution in [1.29, 1.82) is 0 Å². The Kier molecular flexibility index (Phi) is 6.60. The molecule has 0 radical (unpaired) electrons. The molecule has 2 atom stereocenters. The van der Waals surface area contributed by atoms with E-state index in [-0.39, 0.29) is 42.1 Å². The minimum atomic E-state index is -0.827. The maximum atomic E-state index is 13.1. The van der Waals surface area contributed by atoms with Crippen molar-refractivity contribution >= 4 is 17.8 Å². The molecule has 3 aliphatic rings. The van der Waals surface area contributed by atoms with Crippen LogP contribution in [0.15, 0.2) is 0 Å². The molecule has 3 rings (SSSR count). The highest BCUT2D eigenvalue weighted by Crippen LogP contribution is 2.46. The normalized spacial score (nSPS) is 28.6. The first-order valence-corrected chi connectivity index (χ1v) is 10.4. The van der Waals surface area contributed by atoms with Crippen LogP contribution in [0.25, 0.3) is 0 Å². The Morgan fingerprint density at radius 1 is 1.11 bits per heavy atom. The molecule has 158 valence electrons. The van der Waals surface area contributed by atoms with E-state index in [4.69, 9.17) is 4.74 Å². The van der Waals surface area contributed by atoms with E-state index in [1.807, 2.05) is 11.8 Å². The Morgan fingerprint density at radius 2 is 1.75 bits per heavy atom. The highest BCUT2D eigenvalue weighted by atomic mass is 16.5. The Labute approximate surface area is 166 Å². The molecule has 3 aliphatic heterocycles. The Morgan fingerprint density at radius 3 is 2.39 bits per heavy atom. The first-order valence-electron chi connectivity index (χ1n) is 10.4. The zero-order valence-corrected chi connectivity index (χ0v) is 17.1. The predicted molar refractivity (Wildman–Crippen MR) is 103 cm³/mol. The molecule has 0 aromatic carbocycles. The lowest BCUT2D eigenvalue weighted by Gasteiger charge is -2.33. The monoisotopic (exact) mass is 395 g/mol. The van der Waals surface area contributed by atoms with Crippen LogP contribution < -0.4 is 0 Å². The van der Waals surface area contributed by atoms with Gasteiger partial charge in [0, 0.05) is 56.5 Å². The average molecular weight is 396 g/mol. The number of piperidine rings is 1. The standard InChI is InChI=1S/C20H33N3O5/c1-3-28-12-17(24)22-10-16-11-23(14-20(16,13-22)7-4-18(25)26)19(27)15-5-8-21(2)9-6-15/h15-16H,3-14H2,1-2H3,(H,25,26). The number of hydrogen-bond donors (Lipinski definition) is 1. The van der Waals surface area contributed by atoms with E-state index in [9.17, 15) is 19.5 Å². The summed E-state index contributed by atoms with van der Waals surface area (Å²) in [5.74, 6) is -0.439. The summed E-state index contributed by atoms with van der Waals surface area (Å²) in [4.78, 5) is 42.7. The summed E-state index contributed by atoms with van der Waals surface area (Å²) in [6, 6.07) is 0. The summed E-state index contributed by atoms with van der Waals surface area (Å²) in [5.41, 5.74) is -0.304. The number of ether oxygens (including phenoxy) is 1. The number of aliphatic carboxylic acids is 1. The number of hydrogen-bond acceptors (Lipinski definition) is 5. The zero-order valence-electron chi connectivity index (χ0n) is 17.1. The van der Waals surface area contributed by atoms with Gasteiger partial charge in [-0.3, -0.25) is 14.4 Å².